The molecule has 0 bridgehead atoms. The van der Waals surface area contributed by atoms with Crippen molar-refractivity contribution >= 4 is 0 Å². The Hall–Kier alpha value is -1.92. The number of aliphatic hydroxyl groups excluding tert-OH is 2. The van der Waals surface area contributed by atoms with E-state index in [0.717, 1.165) is 17.7 Å². The molecule has 0 aromatic heterocycles. The monoisotopic (exact) mass is 344 g/mol. The normalized spacial score (nSPS) is 25.9. The highest BCUT2D eigenvalue weighted by Gasteiger charge is 2.43. The molecule has 0 spiro atoms. The van der Waals surface area contributed by atoms with Gasteiger partial charge in [0.25, 0.3) is 0 Å². The summed E-state index contributed by atoms with van der Waals surface area (Å²) in [5.41, 5.74) is 2.16. The van der Waals surface area contributed by atoms with Crippen molar-refractivity contribution in [3.05, 3.63) is 65.7 Å². The van der Waals surface area contributed by atoms with Gasteiger partial charge in [-0.3, -0.25) is 0 Å². The first-order chi connectivity index (χ1) is 12.2. The van der Waals surface area contributed by atoms with Crippen LogP contribution >= 0.6 is 0 Å². The predicted octanol–water partition coefficient (Wildman–Crippen LogP) is 2.29. The van der Waals surface area contributed by atoms with Crippen molar-refractivity contribution in [2.45, 2.75) is 44.1 Å². The van der Waals surface area contributed by atoms with Crippen LogP contribution < -0.4 is 4.74 Å². The molecule has 1 fully saturated rings. The molecule has 2 N–H and O–H groups in total. The zero-order valence-electron chi connectivity index (χ0n) is 14.2. The van der Waals surface area contributed by atoms with Gasteiger partial charge in [0.15, 0.2) is 6.29 Å². The standard InChI is InChI=1S/C20H24O5/c1-23-16-10-7-15(8-11-16)13-24-19-17(25-20(22)18(19)21)12-9-14-5-3-2-4-6-14/h2-8,10-11,17-22H,9,12-13H2,1H3/t17-,18?,19?,20-/m0/s1. The molecule has 5 nitrogen and oxygen atoms in total. The van der Waals surface area contributed by atoms with Gasteiger partial charge in [-0.1, -0.05) is 42.5 Å². The number of hydrogen-bond donors (Lipinski definition) is 2. The van der Waals surface area contributed by atoms with E-state index in [1.54, 1.807) is 7.11 Å². The van der Waals surface area contributed by atoms with E-state index >= 15 is 0 Å². The van der Waals surface area contributed by atoms with Gasteiger partial charge in [-0.05, 0) is 36.1 Å². The van der Waals surface area contributed by atoms with E-state index in [1.807, 2.05) is 42.5 Å². The van der Waals surface area contributed by atoms with Crippen LogP contribution in [0, 0.1) is 0 Å². The molecule has 0 aliphatic carbocycles. The summed E-state index contributed by atoms with van der Waals surface area (Å²) in [6, 6.07) is 17.6. The molecule has 2 aromatic carbocycles. The van der Waals surface area contributed by atoms with Crippen LogP contribution in [0.2, 0.25) is 0 Å². The molecule has 0 radical (unpaired) electrons. The van der Waals surface area contributed by atoms with Crippen molar-refractivity contribution < 1.29 is 24.4 Å². The summed E-state index contributed by atoms with van der Waals surface area (Å²) >= 11 is 0. The highest BCUT2D eigenvalue weighted by Crippen LogP contribution is 2.27. The third-order valence-corrected chi connectivity index (χ3v) is 4.47. The highest BCUT2D eigenvalue weighted by atomic mass is 16.7. The minimum atomic E-state index is -1.21. The summed E-state index contributed by atoms with van der Waals surface area (Å²) in [4.78, 5) is 0. The number of methoxy groups -OCH3 is 1. The quantitative estimate of drug-likeness (QED) is 0.807. The van der Waals surface area contributed by atoms with E-state index in [2.05, 4.69) is 12.1 Å². The van der Waals surface area contributed by atoms with Crippen molar-refractivity contribution in [3.63, 3.8) is 0 Å². The fourth-order valence-corrected chi connectivity index (χ4v) is 3.03. The smallest absolute Gasteiger partial charge is 0.183 e. The van der Waals surface area contributed by atoms with Gasteiger partial charge >= 0.3 is 0 Å². The fourth-order valence-electron chi connectivity index (χ4n) is 3.03. The Morgan fingerprint density at radius 3 is 2.36 bits per heavy atom. The SMILES string of the molecule is COc1ccc(COC2C(O)[C@@H](O)O[C@H]2CCc2ccccc2)cc1. The summed E-state index contributed by atoms with van der Waals surface area (Å²) in [6.45, 7) is 0.337. The number of benzene rings is 2. The summed E-state index contributed by atoms with van der Waals surface area (Å²) < 4.78 is 16.5. The summed E-state index contributed by atoms with van der Waals surface area (Å²) in [7, 11) is 1.62. The van der Waals surface area contributed by atoms with Crippen LogP contribution in [0.25, 0.3) is 0 Å². The first-order valence-electron chi connectivity index (χ1n) is 8.47. The minimum Gasteiger partial charge on any atom is -0.497 e. The average molecular weight is 344 g/mol. The van der Waals surface area contributed by atoms with Crippen LogP contribution in [0.4, 0.5) is 0 Å². The van der Waals surface area contributed by atoms with E-state index in [-0.39, 0.29) is 6.10 Å². The van der Waals surface area contributed by atoms with E-state index in [1.165, 1.54) is 5.56 Å². The summed E-state index contributed by atoms with van der Waals surface area (Å²) in [5.74, 6) is 0.782. The Morgan fingerprint density at radius 1 is 0.960 bits per heavy atom. The van der Waals surface area contributed by atoms with E-state index in [9.17, 15) is 10.2 Å². The number of ether oxygens (including phenoxy) is 3. The second-order valence-corrected chi connectivity index (χ2v) is 6.20. The second kappa shape index (κ2) is 8.45. The van der Waals surface area contributed by atoms with Gasteiger partial charge in [0, 0.05) is 0 Å². The number of aryl methyl sites for hydroxylation is 1. The number of aliphatic hydroxyl groups is 2. The van der Waals surface area contributed by atoms with Gasteiger partial charge in [0.2, 0.25) is 0 Å². The van der Waals surface area contributed by atoms with Crippen molar-refractivity contribution in [1.82, 2.24) is 0 Å². The van der Waals surface area contributed by atoms with Gasteiger partial charge in [-0.15, -0.1) is 0 Å². The Balaban J connectivity index is 1.58. The molecule has 0 amide bonds. The van der Waals surface area contributed by atoms with Gasteiger partial charge in [-0.25, -0.2) is 0 Å². The zero-order valence-corrected chi connectivity index (χ0v) is 14.2. The number of rotatable bonds is 7. The van der Waals surface area contributed by atoms with Crippen molar-refractivity contribution in [2.75, 3.05) is 7.11 Å². The van der Waals surface area contributed by atoms with Gasteiger partial charge in [0.1, 0.15) is 18.0 Å². The maximum Gasteiger partial charge on any atom is 0.183 e. The molecule has 25 heavy (non-hydrogen) atoms. The Morgan fingerprint density at radius 2 is 1.68 bits per heavy atom. The van der Waals surface area contributed by atoms with E-state index in [0.29, 0.717) is 13.0 Å². The minimum absolute atomic E-state index is 0.337. The molecule has 3 rings (SSSR count). The zero-order chi connectivity index (χ0) is 17.6. The average Bonchev–Trinajstić information content (AvgIpc) is 2.93. The fraction of sp³-hybridized carbons (Fsp3) is 0.400. The van der Waals surface area contributed by atoms with Gasteiger partial charge in [0.05, 0.1) is 19.8 Å². The maximum absolute atomic E-state index is 10.2. The van der Waals surface area contributed by atoms with E-state index in [4.69, 9.17) is 14.2 Å². The van der Waals surface area contributed by atoms with Crippen LogP contribution in [0.3, 0.4) is 0 Å². The maximum atomic E-state index is 10.2. The molecule has 0 saturated carbocycles. The second-order valence-electron chi connectivity index (χ2n) is 6.20. The predicted molar refractivity (Wildman–Crippen MR) is 93.2 cm³/mol. The molecular weight excluding hydrogens is 320 g/mol. The molecule has 1 aliphatic rings. The molecule has 1 heterocycles. The molecule has 134 valence electrons. The molecule has 5 heteroatoms. The summed E-state index contributed by atoms with van der Waals surface area (Å²) in [5, 5.41) is 20.0. The Kier molecular flexibility index (Phi) is 6.04. The van der Waals surface area contributed by atoms with E-state index < -0.39 is 18.5 Å². The lowest BCUT2D eigenvalue weighted by atomic mass is 10.0. The van der Waals surface area contributed by atoms with Crippen molar-refractivity contribution in [2.24, 2.45) is 0 Å². The largest absolute Gasteiger partial charge is 0.497 e. The van der Waals surface area contributed by atoms with Gasteiger partial charge in [-0.2, -0.15) is 0 Å². The first-order valence-corrected chi connectivity index (χ1v) is 8.47. The Labute approximate surface area is 147 Å². The summed E-state index contributed by atoms with van der Waals surface area (Å²) in [6.07, 6.45) is -1.68. The van der Waals surface area contributed by atoms with Crippen LogP contribution in [-0.2, 0) is 22.5 Å². The molecule has 1 saturated heterocycles. The lowest BCUT2D eigenvalue weighted by Gasteiger charge is -2.20. The first kappa shape index (κ1) is 17.9. The molecule has 2 unspecified atom stereocenters. The molecule has 4 atom stereocenters. The number of hydrogen-bond acceptors (Lipinski definition) is 5. The van der Waals surface area contributed by atoms with Crippen LogP contribution in [0.5, 0.6) is 5.75 Å². The molecule has 2 aromatic rings. The molecule has 1 aliphatic heterocycles. The van der Waals surface area contributed by atoms with Crippen LogP contribution in [0.1, 0.15) is 17.5 Å². The Bertz CT molecular complexity index is 643. The van der Waals surface area contributed by atoms with Crippen molar-refractivity contribution in [1.29, 1.82) is 0 Å². The lowest BCUT2D eigenvalue weighted by molar-refractivity contribution is -0.128. The highest BCUT2D eigenvalue weighted by molar-refractivity contribution is 5.26. The van der Waals surface area contributed by atoms with Crippen LogP contribution in [-0.4, -0.2) is 41.9 Å². The third kappa shape index (κ3) is 4.58. The molecular formula is C20H24O5. The van der Waals surface area contributed by atoms with Crippen molar-refractivity contribution in [3.8, 4) is 5.75 Å². The van der Waals surface area contributed by atoms with Crippen LogP contribution in [0.15, 0.2) is 54.6 Å². The third-order valence-electron chi connectivity index (χ3n) is 4.47. The van der Waals surface area contributed by atoms with Gasteiger partial charge < -0.3 is 24.4 Å². The topological polar surface area (TPSA) is 68.2 Å². The lowest BCUT2D eigenvalue weighted by Crippen LogP contribution is -2.35.